The van der Waals surface area contributed by atoms with Crippen LogP contribution in [0, 0.1) is 0 Å². The van der Waals surface area contributed by atoms with Crippen LogP contribution >= 0.6 is 11.3 Å². The molecular formula is C21H21NO3S. The number of benzene rings is 1. The molecule has 0 bridgehead atoms. The molecule has 1 atom stereocenters. The van der Waals surface area contributed by atoms with Crippen molar-refractivity contribution in [3.63, 3.8) is 0 Å². The lowest BCUT2D eigenvalue weighted by molar-refractivity contribution is -0.121. The van der Waals surface area contributed by atoms with Gasteiger partial charge in [-0.15, -0.1) is 11.3 Å². The van der Waals surface area contributed by atoms with Gasteiger partial charge in [0.25, 0.3) is 0 Å². The molecule has 0 radical (unpaired) electrons. The first kappa shape index (κ1) is 17.1. The predicted molar refractivity (Wildman–Crippen MR) is 102 cm³/mol. The Hall–Kier alpha value is -2.37. The maximum Gasteiger partial charge on any atom is 0.220 e. The normalized spacial score (nSPS) is 16.2. The lowest BCUT2D eigenvalue weighted by Crippen LogP contribution is -2.31. The molecule has 1 unspecified atom stereocenters. The Bertz CT molecular complexity index is 869. The van der Waals surface area contributed by atoms with Crippen LogP contribution in [0.15, 0.2) is 58.3 Å². The molecule has 0 saturated heterocycles. The van der Waals surface area contributed by atoms with Gasteiger partial charge in [0.05, 0.1) is 11.5 Å². The molecular weight excluding hydrogens is 346 g/mol. The number of nitrogens with one attached hydrogen (secondary N) is 1. The fourth-order valence-electron chi connectivity index (χ4n) is 3.24. The van der Waals surface area contributed by atoms with Gasteiger partial charge >= 0.3 is 0 Å². The van der Waals surface area contributed by atoms with Crippen LogP contribution in [0.3, 0.4) is 0 Å². The van der Waals surface area contributed by atoms with E-state index in [1.165, 1.54) is 11.1 Å². The number of ether oxygens (including phenoxy) is 1. The van der Waals surface area contributed by atoms with E-state index in [0.717, 1.165) is 22.8 Å². The zero-order chi connectivity index (χ0) is 17.8. The number of hydrogen-bond acceptors (Lipinski definition) is 4. The monoisotopic (exact) mass is 367 g/mol. The Labute approximate surface area is 156 Å². The first-order valence-electron chi connectivity index (χ1n) is 8.88. The molecule has 0 spiro atoms. The van der Waals surface area contributed by atoms with E-state index in [1.54, 1.807) is 11.3 Å². The third-order valence-corrected chi connectivity index (χ3v) is 5.49. The minimum atomic E-state index is -0.0575. The highest BCUT2D eigenvalue weighted by atomic mass is 32.1. The van der Waals surface area contributed by atoms with Crippen molar-refractivity contribution in [2.75, 3.05) is 13.2 Å². The van der Waals surface area contributed by atoms with Crippen LogP contribution in [0.4, 0.5) is 0 Å². The van der Waals surface area contributed by atoms with Crippen molar-refractivity contribution < 1.29 is 13.9 Å². The zero-order valence-electron chi connectivity index (χ0n) is 14.4. The first-order chi connectivity index (χ1) is 12.8. The van der Waals surface area contributed by atoms with Gasteiger partial charge in [0.2, 0.25) is 5.91 Å². The first-order valence-corrected chi connectivity index (χ1v) is 9.76. The van der Waals surface area contributed by atoms with Gasteiger partial charge in [-0.05, 0) is 41.1 Å². The Kier molecular flexibility index (Phi) is 5.18. The average molecular weight is 367 g/mol. The van der Waals surface area contributed by atoms with Gasteiger partial charge in [-0.2, -0.15) is 0 Å². The van der Waals surface area contributed by atoms with Crippen LogP contribution in [0.25, 0.3) is 10.6 Å². The van der Waals surface area contributed by atoms with E-state index in [2.05, 4.69) is 17.4 Å². The number of thiophene rings is 1. The predicted octanol–water partition coefficient (Wildman–Crippen LogP) is 4.37. The molecule has 1 aliphatic heterocycles. The van der Waals surface area contributed by atoms with Gasteiger partial charge in [0, 0.05) is 19.4 Å². The van der Waals surface area contributed by atoms with E-state index in [1.807, 2.05) is 41.8 Å². The van der Waals surface area contributed by atoms with E-state index in [4.69, 9.17) is 9.15 Å². The van der Waals surface area contributed by atoms with Crippen LogP contribution in [-0.2, 0) is 22.4 Å². The number of rotatable bonds is 6. The van der Waals surface area contributed by atoms with E-state index in [9.17, 15) is 4.79 Å². The van der Waals surface area contributed by atoms with E-state index in [-0.39, 0.29) is 12.0 Å². The third kappa shape index (κ3) is 3.89. The van der Waals surface area contributed by atoms with Crippen LogP contribution in [0.1, 0.15) is 29.4 Å². The number of fused-ring (bicyclic) bond motifs is 1. The van der Waals surface area contributed by atoms with E-state index in [0.29, 0.717) is 26.0 Å². The fourth-order valence-corrected chi connectivity index (χ4v) is 3.93. The van der Waals surface area contributed by atoms with Crippen molar-refractivity contribution in [3.8, 4) is 10.6 Å². The summed E-state index contributed by atoms with van der Waals surface area (Å²) in [5, 5.41) is 5.02. The van der Waals surface area contributed by atoms with Gasteiger partial charge in [-0.1, -0.05) is 30.3 Å². The van der Waals surface area contributed by atoms with Crippen LogP contribution in [0.5, 0.6) is 0 Å². The van der Waals surface area contributed by atoms with Crippen molar-refractivity contribution in [1.82, 2.24) is 5.32 Å². The summed E-state index contributed by atoms with van der Waals surface area (Å²) in [6.45, 7) is 1.21. The summed E-state index contributed by atoms with van der Waals surface area (Å²) in [5.41, 5.74) is 2.50. The average Bonchev–Trinajstić information content (AvgIpc) is 3.36. The summed E-state index contributed by atoms with van der Waals surface area (Å²) < 4.78 is 11.7. The second-order valence-electron chi connectivity index (χ2n) is 6.36. The van der Waals surface area contributed by atoms with E-state index >= 15 is 0 Å². The van der Waals surface area contributed by atoms with E-state index < -0.39 is 0 Å². The molecule has 0 aliphatic carbocycles. The Morgan fingerprint density at radius 2 is 2.08 bits per heavy atom. The van der Waals surface area contributed by atoms with Gasteiger partial charge < -0.3 is 14.5 Å². The van der Waals surface area contributed by atoms with Gasteiger partial charge in [0.15, 0.2) is 0 Å². The summed E-state index contributed by atoms with van der Waals surface area (Å²) in [7, 11) is 0. The molecule has 1 amide bonds. The molecule has 4 nitrogen and oxygen atoms in total. The minimum absolute atomic E-state index is 0.0192. The van der Waals surface area contributed by atoms with Crippen molar-refractivity contribution in [2.45, 2.75) is 25.4 Å². The number of carbonyl (C=O) groups is 1. The molecule has 3 heterocycles. The molecule has 2 aromatic heterocycles. The molecule has 4 rings (SSSR count). The Morgan fingerprint density at radius 3 is 2.96 bits per heavy atom. The number of furan rings is 1. The molecule has 1 aromatic carbocycles. The largest absolute Gasteiger partial charge is 0.460 e. The van der Waals surface area contributed by atoms with Crippen LogP contribution in [-0.4, -0.2) is 19.1 Å². The van der Waals surface area contributed by atoms with Gasteiger partial charge in [-0.3, -0.25) is 4.79 Å². The van der Waals surface area contributed by atoms with Crippen LogP contribution in [0.2, 0.25) is 0 Å². The van der Waals surface area contributed by atoms with Gasteiger partial charge in [0.1, 0.15) is 17.6 Å². The zero-order valence-corrected chi connectivity index (χ0v) is 15.3. The number of carbonyl (C=O) groups excluding carboxylic acids is 1. The van der Waals surface area contributed by atoms with Crippen molar-refractivity contribution >= 4 is 17.2 Å². The van der Waals surface area contributed by atoms with Crippen molar-refractivity contribution in [2.24, 2.45) is 0 Å². The summed E-state index contributed by atoms with van der Waals surface area (Å²) in [5.74, 6) is 1.72. The van der Waals surface area contributed by atoms with Crippen LogP contribution < -0.4 is 5.32 Å². The highest BCUT2D eigenvalue weighted by Gasteiger charge is 2.20. The minimum Gasteiger partial charge on any atom is -0.460 e. The summed E-state index contributed by atoms with van der Waals surface area (Å²) in [6.07, 6.45) is 1.88. The molecule has 26 heavy (non-hydrogen) atoms. The molecule has 1 N–H and O–H groups in total. The highest BCUT2D eigenvalue weighted by molar-refractivity contribution is 7.13. The lowest BCUT2D eigenvalue weighted by atomic mass is 9.97. The van der Waals surface area contributed by atoms with Crippen molar-refractivity contribution in [3.05, 3.63) is 70.8 Å². The Balaban J connectivity index is 1.28. The fraction of sp³-hybridized carbons (Fsp3) is 0.286. The molecule has 5 heteroatoms. The summed E-state index contributed by atoms with van der Waals surface area (Å²) in [6, 6.07) is 16.2. The summed E-state index contributed by atoms with van der Waals surface area (Å²) >= 11 is 1.65. The van der Waals surface area contributed by atoms with Crippen molar-refractivity contribution in [1.29, 1.82) is 0 Å². The molecule has 0 fully saturated rings. The maximum absolute atomic E-state index is 12.2. The molecule has 0 saturated carbocycles. The standard InChI is InChI=1S/C21H21NO3S/c23-21(10-8-16-7-9-18(25-16)20-6-3-13-26-20)22-14-19-17-5-2-1-4-15(17)11-12-24-19/h1-7,9,13,19H,8,10-12,14H2,(H,22,23). The second kappa shape index (κ2) is 7.89. The Morgan fingerprint density at radius 1 is 1.15 bits per heavy atom. The molecule has 134 valence electrons. The molecule has 1 aliphatic rings. The smallest absolute Gasteiger partial charge is 0.220 e. The SMILES string of the molecule is O=C(CCc1ccc(-c2cccs2)o1)NCC1OCCc2ccccc21. The number of amides is 1. The summed E-state index contributed by atoms with van der Waals surface area (Å²) in [4.78, 5) is 13.3. The lowest BCUT2D eigenvalue weighted by Gasteiger charge is -2.26. The quantitative estimate of drug-likeness (QED) is 0.704. The second-order valence-corrected chi connectivity index (χ2v) is 7.30. The highest BCUT2D eigenvalue weighted by Crippen LogP contribution is 2.27. The maximum atomic E-state index is 12.2. The number of aryl methyl sites for hydroxylation is 1. The molecule has 3 aromatic rings. The third-order valence-electron chi connectivity index (χ3n) is 4.60. The number of hydrogen-bond donors (Lipinski definition) is 1. The van der Waals surface area contributed by atoms with Gasteiger partial charge in [-0.25, -0.2) is 0 Å². The topological polar surface area (TPSA) is 51.5 Å².